The molecule has 0 amide bonds. The molecule has 1 aliphatic carbocycles. The van der Waals surface area contributed by atoms with Crippen molar-refractivity contribution in [2.75, 3.05) is 6.61 Å². The molecule has 0 bridgehead atoms. The van der Waals surface area contributed by atoms with Crippen LogP contribution in [0.15, 0.2) is 24.3 Å². The Morgan fingerprint density at radius 3 is 2.03 bits per heavy atom. The molecule has 3 atom stereocenters. The minimum atomic E-state index is -0.925. The highest BCUT2D eigenvalue weighted by molar-refractivity contribution is 6.00. The number of aliphatic hydroxyl groups is 1. The molecular weight excluding hydrogens is 480 g/mol. The van der Waals surface area contributed by atoms with Crippen LogP contribution in [-0.2, 0) is 23.8 Å². The average Bonchev–Trinajstić information content (AvgIpc) is 3.21. The molecule has 3 rings (SSSR count). The van der Waals surface area contributed by atoms with Crippen LogP contribution in [0.5, 0.6) is 0 Å². The van der Waals surface area contributed by atoms with Crippen molar-refractivity contribution in [3.8, 4) is 0 Å². The van der Waals surface area contributed by atoms with E-state index in [0.29, 0.717) is 32.3 Å². The van der Waals surface area contributed by atoms with Gasteiger partial charge < -0.3 is 19.3 Å². The van der Waals surface area contributed by atoms with E-state index in [0.717, 1.165) is 12.8 Å². The van der Waals surface area contributed by atoms with Gasteiger partial charge in [-0.05, 0) is 37.1 Å². The second-order valence-corrected chi connectivity index (χ2v) is 11.7. The van der Waals surface area contributed by atoms with Crippen LogP contribution in [0.3, 0.4) is 0 Å². The Labute approximate surface area is 230 Å². The summed E-state index contributed by atoms with van der Waals surface area (Å²) in [5.74, 6) is -1.26. The summed E-state index contributed by atoms with van der Waals surface area (Å²) in [6.07, 6.45) is 27.3. The van der Waals surface area contributed by atoms with Crippen LogP contribution in [0.1, 0.15) is 135 Å². The second kappa shape index (κ2) is 16.6. The molecule has 3 aliphatic rings. The van der Waals surface area contributed by atoms with Gasteiger partial charge in [-0.25, -0.2) is 0 Å². The summed E-state index contributed by atoms with van der Waals surface area (Å²) in [6, 6.07) is 0. The van der Waals surface area contributed by atoms with Gasteiger partial charge in [0.25, 0.3) is 0 Å². The molecule has 2 fully saturated rings. The molecular formula is C32H52O6. The molecule has 0 aromatic carbocycles. The predicted molar refractivity (Wildman–Crippen MR) is 150 cm³/mol. The molecule has 2 saturated heterocycles. The molecule has 2 unspecified atom stereocenters. The third-order valence-corrected chi connectivity index (χ3v) is 8.20. The van der Waals surface area contributed by atoms with Gasteiger partial charge >= 0.3 is 5.97 Å². The molecule has 216 valence electrons. The minimum absolute atomic E-state index is 0.0560. The first-order valence-corrected chi connectivity index (χ1v) is 15.6. The largest absolute Gasteiger partial charge is 0.466 e. The molecule has 2 heterocycles. The van der Waals surface area contributed by atoms with Gasteiger partial charge in [0.2, 0.25) is 0 Å². The molecule has 2 spiro atoms. The fraction of sp³-hybridized carbons (Fsp3) is 0.812. The zero-order valence-corrected chi connectivity index (χ0v) is 23.8. The third-order valence-electron chi connectivity index (χ3n) is 8.20. The summed E-state index contributed by atoms with van der Waals surface area (Å²) < 4.78 is 18.0. The third kappa shape index (κ3) is 10.9. The van der Waals surface area contributed by atoms with Gasteiger partial charge in [0, 0.05) is 19.3 Å². The number of rotatable bonds is 18. The Morgan fingerprint density at radius 2 is 1.45 bits per heavy atom. The van der Waals surface area contributed by atoms with Gasteiger partial charge in [0.05, 0.1) is 25.2 Å². The summed E-state index contributed by atoms with van der Waals surface area (Å²) in [5.41, 5.74) is -0.663. The Balaban J connectivity index is 1.18. The molecule has 0 radical (unpaired) electrons. The number of carbonyl (C=O) groups excluding carboxylic acids is 2. The zero-order chi connectivity index (χ0) is 27.1. The van der Waals surface area contributed by atoms with E-state index in [1.165, 1.54) is 95.6 Å². The average molecular weight is 533 g/mol. The molecule has 6 heteroatoms. The van der Waals surface area contributed by atoms with Crippen LogP contribution >= 0.6 is 0 Å². The second-order valence-electron chi connectivity index (χ2n) is 11.7. The monoisotopic (exact) mass is 532 g/mol. The Morgan fingerprint density at radius 1 is 0.895 bits per heavy atom. The Kier molecular flexibility index (Phi) is 13.5. The summed E-state index contributed by atoms with van der Waals surface area (Å²) >= 11 is 0. The zero-order valence-electron chi connectivity index (χ0n) is 23.8. The molecule has 0 saturated carbocycles. The van der Waals surface area contributed by atoms with Crippen molar-refractivity contribution in [2.45, 2.75) is 159 Å². The predicted octanol–water partition coefficient (Wildman–Crippen LogP) is 7.27. The van der Waals surface area contributed by atoms with Gasteiger partial charge in [0.1, 0.15) is 5.60 Å². The van der Waals surface area contributed by atoms with Crippen LogP contribution < -0.4 is 0 Å². The number of carbonyl (C=O) groups is 2. The lowest BCUT2D eigenvalue weighted by Crippen LogP contribution is -2.48. The lowest BCUT2D eigenvalue weighted by atomic mass is 9.92. The van der Waals surface area contributed by atoms with E-state index in [1.54, 1.807) is 12.2 Å². The first-order chi connectivity index (χ1) is 18.4. The van der Waals surface area contributed by atoms with Gasteiger partial charge in [-0.3, -0.25) is 9.59 Å². The highest BCUT2D eigenvalue weighted by Gasteiger charge is 2.52. The molecule has 0 aromatic heterocycles. The van der Waals surface area contributed by atoms with Gasteiger partial charge in [-0.2, -0.15) is 0 Å². The number of hydrogen-bond acceptors (Lipinski definition) is 6. The van der Waals surface area contributed by atoms with E-state index in [4.69, 9.17) is 14.2 Å². The van der Waals surface area contributed by atoms with Crippen LogP contribution in [0, 0.1) is 0 Å². The number of ketones is 1. The highest BCUT2D eigenvalue weighted by Crippen LogP contribution is 2.47. The van der Waals surface area contributed by atoms with Crippen molar-refractivity contribution in [1.29, 1.82) is 0 Å². The Hall–Kier alpha value is -1.50. The van der Waals surface area contributed by atoms with Crippen LogP contribution in [0.2, 0.25) is 0 Å². The van der Waals surface area contributed by atoms with Gasteiger partial charge in [0.15, 0.2) is 11.6 Å². The summed E-state index contributed by atoms with van der Waals surface area (Å²) in [6.45, 7) is 2.71. The van der Waals surface area contributed by atoms with Crippen molar-refractivity contribution in [2.24, 2.45) is 0 Å². The topological polar surface area (TPSA) is 82.1 Å². The van der Waals surface area contributed by atoms with Crippen molar-refractivity contribution in [3.63, 3.8) is 0 Å². The number of hydrogen-bond donors (Lipinski definition) is 1. The highest BCUT2D eigenvalue weighted by atomic mass is 16.7. The quantitative estimate of drug-likeness (QED) is 0.148. The maximum atomic E-state index is 12.4. The van der Waals surface area contributed by atoms with E-state index in [9.17, 15) is 14.7 Å². The first-order valence-electron chi connectivity index (χ1n) is 15.6. The lowest BCUT2D eigenvalue weighted by molar-refractivity contribution is -0.291. The van der Waals surface area contributed by atoms with Crippen molar-refractivity contribution in [3.05, 3.63) is 24.3 Å². The lowest BCUT2D eigenvalue weighted by Gasteiger charge is -2.41. The van der Waals surface area contributed by atoms with Crippen LogP contribution in [0.25, 0.3) is 0 Å². The minimum Gasteiger partial charge on any atom is -0.466 e. The number of ether oxygens (including phenoxy) is 3. The molecule has 0 aromatic rings. The molecule has 6 nitrogen and oxygen atoms in total. The Bertz CT molecular complexity index is 758. The van der Waals surface area contributed by atoms with Gasteiger partial charge in [-0.15, -0.1) is 0 Å². The maximum absolute atomic E-state index is 12.4. The van der Waals surface area contributed by atoms with Crippen molar-refractivity contribution >= 4 is 11.8 Å². The molecule has 2 aliphatic heterocycles. The number of aliphatic hydroxyl groups excluding tert-OH is 1. The first kappa shape index (κ1) is 31.0. The molecule has 38 heavy (non-hydrogen) atoms. The van der Waals surface area contributed by atoms with Crippen LogP contribution in [0.4, 0.5) is 0 Å². The smallest absolute Gasteiger partial charge is 0.308 e. The number of esters is 1. The van der Waals surface area contributed by atoms with E-state index in [1.807, 2.05) is 0 Å². The molecule has 1 N–H and O–H groups in total. The van der Waals surface area contributed by atoms with Crippen molar-refractivity contribution < 1.29 is 28.9 Å². The normalized spacial score (nSPS) is 26.0. The fourth-order valence-corrected chi connectivity index (χ4v) is 6.03. The SMILES string of the molecule is CCCCCCCCCCCCCCCCCOC(=O)CC1CC(O)C[C@@]2(CCC3(C=CC(=O)C=C3)O2)O1. The van der Waals surface area contributed by atoms with E-state index < -0.39 is 23.6 Å². The van der Waals surface area contributed by atoms with Gasteiger partial charge in [-0.1, -0.05) is 96.8 Å². The van der Waals surface area contributed by atoms with E-state index in [2.05, 4.69) is 6.92 Å². The van der Waals surface area contributed by atoms with Crippen LogP contribution in [-0.4, -0.2) is 47.1 Å². The summed E-state index contributed by atoms with van der Waals surface area (Å²) in [5, 5.41) is 10.5. The number of unbranched alkanes of at least 4 members (excludes halogenated alkanes) is 14. The summed E-state index contributed by atoms with van der Waals surface area (Å²) in [7, 11) is 0. The summed E-state index contributed by atoms with van der Waals surface area (Å²) in [4.78, 5) is 23.9. The maximum Gasteiger partial charge on any atom is 0.308 e. The fourth-order valence-electron chi connectivity index (χ4n) is 6.03. The van der Waals surface area contributed by atoms with Crippen molar-refractivity contribution in [1.82, 2.24) is 0 Å². The van der Waals surface area contributed by atoms with E-state index >= 15 is 0 Å². The van der Waals surface area contributed by atoms with E-state index in [-0.39, 0.29) is 18.2 Å². The standard InChI is InChI=1S/C32H52O6/c1-2-3-4-5-6-7-8-9-10-11-12-13-14-15-16-23-36-30(35)25-29-24-28(34)26-32(37-29)22-21-31(38-32)19-17-27(33)18-20-31/h17-20,28-29,34H,2-16,21-26H2,1H3/t28?,29?,32-/m0/s1. The number of allylic oxidation sites excluding steroid dienone is 2.